The lowest BCUT2D eigenvalue weighted by Gasteiger charge is -2.06. The average molecular weight is 527 g/mol. The summed E-state index contributed by atoms with van der Waals surface area (Å²) in [5.74, 6) is 0.0356. The second-order valence-corrected chi connectivity index (χ2v) is 8.61. The minimum Gasteiger partial charge on any atom is -0.478 e. The van der Waals surface area contributed by atoms with Gasteiger partial charge in [-0.1, -0.05) is 53.7 Å². The highest BCUT2D eigenvalue weighted by molar-refractivity contribution is 6.01. The molecule has 38 heavy (non-hydrogen) atoms. The van der Waals surface area contributed by atoms with Crippen LogP contribution in [0.1, 0.15) is 111 Å². The molecule has 0 bridgehead atoms. The third kappa shape index (κ3) is 8.04. The highest BCUT2D eigenvalue weighted by atomic mass is 16.4. The summed E-state index contributed by atoms with van der Waals surface area (Å²) < 4.78 is 4.72. The number of aromatic nitrogens is 4. The minimum atomic E-state index is -1.23. The van der Waals surface area contributed by atoms with Gasteiger partial charge in [0.1, 0.15) is 11.6 Å². The van der Waals surface area contributed by atoms with Gasteiger partial charge < -0.3 is 19.3 Å². The van der Waals surface area contributed by atoms with Crippen molar-refractivity contribution in [3.63, 3.8) is 0 Å². The average Bonchev–Trinajstić information content (AvgIpc) is 3.49. The van der Waals surface area contributed by atoms with E-state index in [4.69, 9.17) is 10.2 Å². The summed E-state index contributed by atoms with van der Waals surface area (Å²) in [7, 11) is 0. The standard InChI is InChI=1S/2C11H20N2.C8H6O4/c2*1-5-9-10(6-2)13(8-4)11(7-3)12-9;9-7(10)5-3-1-2-4-6(5)8(11)12/h2*5-8H2,1-4H3;1-4H,(H,9,10)(H,11,12). The Labute approximate surface area is 227 Å². The molecule has 1 aromatic carbocycles. The quantitative estimate of drug-likeness (QED) is 0.322. The predicted molar refractivity (Wildman–Crippen MR) is 152 cm³/mol. The molecule has 8 heteroatoms. The minimum absolute atomic E-state index is 0.190. The number of aromatic carboxylic acids is 2. The van der Waals surface area contributed by atoms with Gasteiger partial charge in [-0.3, -0.25) is 0 Å². The molecule has 0 fully saturated rings. The van der Waals surface area contributed by atoms with E-state index >= 15 is 0 Å². The molecule has 210 valence electrons. The number of hydrogen-bond acceptors (Lipinski definition) is 4. The van der Waals surface area contributed by atoms with E-state index in [0.717, 1.165) is 51.6 Å². The SMILES string of the molecule is CCc1nc(CC)n(CC)c1CC.CCc1nc(CC)n(CC)c1CC.O=C(O)c1ccccc1C(=O)O. The molecule has 2 heterocycles. The summed E-state index contributed by atoms with van der Waals surface area (Å²) in [6, 6.07) is 5.48. The van der Waals surface area contributed by atoms with Crippen molar-refractivity contribution in [1.29, 1.82) is 0 Å². The molecule has 0 aliphatic rings. The fourth-order valence-electron chi connectivity index (χ4n) is 4.68. The highest BCUT2D eigenvalue weighted by Crippen LogP contribution is 2.15. The monoisotopic (exact) mass is 526 g/mol. The fraction of sp³-hybridized carbons (Fsp3) is 0.533. The lowest BCUT2D eigenvalue weighted by Crippen LogP contribution is -2.06. The van der Waals surface area contributed by atoms with Crippen LogP contribution in [0, 0.1) is 0 Å². The first-order chi connectivity index (χ1) is 18.2. The normalized spacial score (nSPS) is 10.3. The van der Waals surface area contributed by atoms with Crippen molar-refractivity contribution >= 4 is 11.9 Å². The Kier molecular flexibility index (Phi) is 14.1. The van der Waals surface area contributed by atoms with Gasteiger partial charge >= 0.3 is 11.9 Å². The van der Waals surface area contributed by atoms with Gasteiger partial charge in [-0.25, -0.2) is 19.6 Å². The number of nitrogens with zero attached hydrogens (tertiary/aromatic N) is 4. The Morgan fingerprint density at radius 1 is 0.605 bits per heavy atom. The smallest absolute Gasteiger partial charge is 0.336 e. The first-order valence-electron chi connectivity index (χ1n) is 13.9. The van der Waals surface area contributed by atoms with E-state index in [0.29, 0.717) is 0 Å². The summed E-state index contributed by atoms with van der Waals surface area (Å²) in [5.41, 5.74) is 5.07. The summed E-state index contributed by atoms with van der Waals surface area (Å²) in [5, 5.41) is 17.1. The van der Waals surface area contributed by atoms with Crippen molar-refractivity contribution in [1.82, 2.24) is 19.1 Å². The number of carboxylic acids is 2. The van der Waals surface area contributed by atoms with Gasteiger partial charge in [0.05, 0.1) is 22.5 Å². The summed E-state index contributed by atoms with van der Waals surface area (Å²) in [6.07, 6.45) is 6.40. The van der Waals surface area contributed by atoms with Crippen LogP contribution in [0.15, 0.2) is 24.3 Å². The molecule has 0 spiro atoms. The van der Waals surface area contributed by atoms with Crippen molar-refractivity contribution in [2.75, 3.05) is 0 Å². The molecule has 2 N–H and O–H groups in total. The largest absolute Gasteiger partial charge is 0.478 e. The predicted octanol–water partition coefficient (Wildman–Crippen LogP) is 6.26. The maximum atomic E-state index is 10.5. The first-order valence-corrected chi connectivity index (χ1v) is 13.9. The molecule has 3 aromatic rings. The van der Waals surface area contributed by atoms with Crippen LogP contribution in [0.2, 0.25) is 0 Å². The first kappa shape index (κ1) is 32.6. The van der Waals surface area contributed by atoms with Crippen molar-refractivity contribution in [3.05, 3.63) is 69.8 Å². The second-order valence-electron chi connectivity index (χ2n) is 8.61. The molecule has 0 saturated carbocycles. The van der Waals surface area contributed by atoms with Crippen LogP contribution in [-0.4, -0.2) is 41.3 Å². The molecule has 0 aliphatic heterocycles. The lowest BCUT2D eigenvalue weighted by molar-refractivity contribution is 0.0651. The Morgan fingerprint density at radius 2 is 0.947 bits per heavy atom. The Morgan fingerprint density at radius 3 is 1.16 bits per heavy atom. The van der Waals surface area contributed by atoms with Gasteiger partial charge in [0.15, 0.2) is 0 Å². The Balaban J connectivity index is 0.000000285. The van der Waals surface area contributed by atoms with Gasteiger partial charge in [-0.05, 0) is 51.7 Å². The van der Waals surface area contributed by atoms with E-state index in [1.807, 2.05) is 0 Å². The van der Waals surface area contributed by atoms with Crippen LogP contribution in [-0.2, 0) is 51.6 Å². The fourth-order valence-corrected chi connectivity index (χ4v) is 4.68. The number of carbonyl (C=O) groups is 2. The van der Waals surface area contributed by atoms with Crippen LogP contribution >= 0.6 is 0 Å². The molecular formula is C30H46N4O4. The summed E-state index contributed by atoms with van der Waals surface area (Å²) in [6.45, 7) is 19.6. The molecule has 0 unspecified atom stereocenters. The number of aryl methyl sites for hydroxylation is 4. The third-order valence-corrected chi connectivity index (χ3v) is 6.46. The third-order valence-electron chi connectivity index (χ3n) is 6.46. The zero-order valence-corrected chi connectivity index (χ0v) is 24.5. The van der Waals surface area contributed by atoms with Crippen molar-refractivity contribution in [2.45, 2.75) is 107 Å². The molecule has 0 saturated heterocycles. The van der Waals surface area contributed by atoms with Crippen LogP contribution in [0.5, 0.6) is 0 Å². The van der Waals surface area contributed by atoms with Crippen LogP contribution < -0.4 is 0 Å². The Bertz CT molecular complexity index is 1030. The summed E-state index contributed by atoms with van der Waals surface area (Å²) in [4.78, 5) is 30.2. The van der Waals surface area contributed by atoms with Crippen LogP contribution in [0.3, 0.4) is 0 Å². The van der Waals surface area contributed by atoms with E-state index in [-0.39, 0.29) is 11.1 Å². The number of rotatable bonds is 10. The van der Waals surface area contributed by atoms with E-state index in [2.05, 4.69) is 74.5 Å². The van der Waals surface area contributed by atoms with Gasteiger partial charge in [0, 0.05) is 37.3 Å². The van der Waals surface area contributed by atoms with E-state index in [9.17, 15) is 9.59 Å². The molecule has 0 amide bonds. The van der Waals surface area contributed by atoms with Gasteiger partial charge in [0.2, 0.25) is 0 Å². The lowest BCUT2D eigenvalue weighted by atomic mass is 10.1. The topological polar surface area (TPSA) is 110 Å². The summed E-state index contributed by atoms with van der Waals surface area (Å²) >= 11 is 0. The highest BCUT2D eigenvalue weighted by Gasteiger charge is 2.14. The van der Waals surface area contributed by atoms with E-state index in [1.54, 1.807) is 0 Å². The number of carboxylic acid groups (broad SMARTS) is 2. The van der Waals surface area contributed by atoms with Crippen molar-refractivity contribution in [2.24, 2.45) is 0 Å². The maximum absolute atomic E-state index is 10.5. The molecule has 2 aromatic heterocycles. The molecule has 0 atom stereocenters. The molecule has 0 radical (unpaired) electrons. The molecule has 8 nitrogen and oxygen atoms in total. The maximum Gasteiger partial charge on any atom is 0.336 e. The second kappa shape index (κ2) is 16.4. The van der Waals surface area contributed by atoms with E-state index in [1.165, 1.54) is 58.7 Å². The van der Waals surface area contributed by atoms with Crippen molar-refractivity contribution in [3.8, 4) is 0 Å². The number of imidazole rings is 2. The zero-order valence-electron chi connectivity index (χ0n) is 24.5. The molecule has 3 rings (SSSR count). The zero-order chi connectivity index (χ0) is 28.8. The van der Waals surface area contributed by atoms with Gasteiger partial charge in [-0.15, -0.1) is 0 Å². The van der Waals surface area contributed by atoms with Gasteiger partial charge in [-0.2, -0.15) is 0 Å². The number of hydrogen-bond donors (Lipinski definition) is 2. The van der Waals surface area contributed by atoms with Crippen LogP contribution in [0.4, 0.5) is 0 Å². The van der Waals surface area contributed by atoms with Crippen LogP contribution in [0.25, 0.3) is 0 Å². The van der Waals surface area contributed by atoms with Crippen molar-refractivity contribution < 1.29 is 19.8 Å². The van der Waals surface area contributed by atoms with Gasteiger partial charge in [0.25, 0.3) is 0 Å². The molecule has 0 aliphatic carbocycles. The molecular weight excluding hydrogens is 480 g/mol. The number of benzene rings is 1. The van der Waals surface area contributed by atoms with E-state index < -0.39 is 11.9 Å². The Hall–Kier alpha value is -3.42.